The van der Waals surface area contributed by atoms with Gasteiger partial charge < -0.3 is 24.1 Å². The van der Waals surface area contributed by atoms with Crippen molar-refractivity contribution in [2.24, 2.45) is 0 Å². The minimum atomic E-state index is -1.26. The number of hydrogen-bond donors (Lipinski definition) is 1. The first kappa shape index (κ1) is 22.9. The van der Waals surface area contributed by atoms with Crippen molar-refractivity contribution in [3.63, 3.8) is 0 Å². The molecular weight excluding hydrogens is 358 g/mol. The van der Waals surface area contributed by atoms with Crippen molar-refractivity contribution in [2.75, 3.05) is 13.7 Å². The molecule has 1 rings (SSSR count). The lowest BCUT2D eigenvalue weighted by Crippen LogP contribution is -2.53. The van der Waals surface area contributed by atoms with Crippen LogP contribution < -0.4 is 0 Å². The molecule has 0 aromatic heterocycles. The summed E-state index contributed by atoms with van der Waals surface area (Å²) in [4.78, 5) is 37.3. The third-order valence-corrected chi connectivity index (χ3v) is 3.70. The molecule has 1 saturated heterocycles. The van der Waals surface area contributed by atoms with Crippen molar-refractivity contribution < 1.29 is 38.4 Å². The van der Waals surface area contributed by atoms with E-state index >= 15 is 0 Å². The summed E-state index contributed by atoms with van der Waals surface area (Å²) in [6.45, 7) is 9.68. The summed E-state index contributed by atoms with van der Waals surface area (Å²) in [5.74, 6) is -1.67. The monoisotopic (exact) mass is 387 g/mol. The molecule has 0 bridgehead atoms. The fourth-order valence-electron chi connectivity index (χ4n) is 2.62. The molecule has 0 radical (unpaired) electrons. The summed E-state index contributed by atoms with van der Waals surface area (Å²) in [6.07, 6.45) is -1.33. The van der Waals surface area contributed by atoms with Crippen LogP contribution in [0.25, 0.3) is 0 Å². The summed E-state index contributed by atoms with van der Waals surface area (Å²) in [7, 11) is 1.30. The highest BCUT2D eigenvalue weighted by Gasteiger charge is 2.48. The third kappa shape index (κ3) is 6.51. The fraction of sp³-hybridized carbons (Fsp3) is 0.722. The average molecular weight is 387 g/mol. The number of aliphatic hydroxyl groups is 1. The molecule has 1 amide bonds. The number of aliphatic hydroxyl groups excluding tert-OH is 1. The van der Waals surface area contributed by atoms with Crippen LogP contribution in [0.1, 0.15) is 48.0 Å². The number of Topliss-reactive ketones (excluding diaryl/α,β-unsaturated/α-hetero) is 1. The highest BCUT2D eigenvalue weighted by molar-refractivity contribution is 5.95. The Labute approximate surface area is 159 Å². The highest BCUT2D eigenvalue weighted by atomic mass is 16.6. The van der Waals surface area contributed by atoms with Crippen molar-refractivity contribution in [1.82, 2.24) is 4.90 Å². The van der Waals surface area contributed by atoms with E-state index < -0.39 is 47.7 Å². The lowest BCUT2D eigenvalue weighted by molar-refractivity contribution is -0.141. The zero-order valence-electron chi connectivity index (χ0n) is 16.9. The van der Waals surface area contributed by atoms with Gasteiger partial charge >= 0.3 is 12.1 Å². The van der Waals surface area contributed by atoms with Crippen molar-refractivity contribution >= 4 is 17.8 Å². The zero-order valence-corrected chi connectivity index (χ0v) is 16.9. The van der Waals surface area contributed by atoms with E-state index in [0.717, 1.165) is 13.2 Å². The normalized spacial score (nSPS) is 20.8. The van der Waals surface area contributed by atoms with Crippen LogP contribution in [0.4, 0.5) is 4.79 Å². The minimum absolute atomic E-state index is 0.0254. The number of esters is 1. The topological polar surface area (TPSA) is 112 Å². The molecule has 1 aliphatic heterocycles. The zero-order chi connectivity index (χ0) is 21.0. The largest absolute Gasteiger partial charge is 0.500 e. The van der Waals surface area contributed by atoms with E-state index in [1.165, 1.54) is 12.0 Å². The van der Waals surface area contributed by atoms with Gasteiger partial charge in [0.1, 0.15) is 17.6 Å². The van der Waals surface area contributed by atoms with Crippen LogP contribution in [0, 0.1) is 0 Å². The van der Waals surface area contributed by atoms with Crippen molar-refractivity contribution in [1.29, 1.82) is 0 Å². The first-order valence-electron chi connectivity index (χ1n) is 8.57. The van der Waals surface area contributed by atoms with E-state index in [-0.39, 0.29) is 12.4 Å². The lowest BCUT2D eigenvalue weighted by atomic mass is 10.0. The Morgan fingerprint density at radius 1 is 1.33 bits per heavy atom. The van der Waals surface area contributed by atoms with Crippen molar-refractivity contribution in [3.05, 3.63) is 12.0 Å². The smallest absolute Gasteiger partial charge is 0.412 e. The van der Waals surface area contributed by atoms with Gasteiger partial charge in [0.2, 0.25) is 11.5 Å². The molecule has 2 atom stereocenters. The number of methoxy groups -OCH3 is 1. The number of rotatable bonds is 6. The van der Waals surface area contributed by atoms with E-state index in [1.807, 2.05) is 0 Å². The Balaban J connectivity index is 2.95. The Bertz CT molecular complexity index is 605. The molecule has 1 heterocycles. The number of carbonyl (C=O) groups is 3. The average Bonchev–Trinajstić information content (AvgIpc) is 2.80. The maximum atomic E-state index is 12.6. The first-order chi connectivity index (χ1) is 12.3. The molecule has 1 fully saturated rings. The molecule has 0 unspecified atom stereocenters. The predicted octanol–water partition coefficient (Wildman–Crippen LogP) is 1.73. The van der Waals surface area contributed by atoms with Gasteiger partial charge in [-0.1, -0.05) is 0 Å². The second-order valence-corrected chi connectivity index (χ2v) is 7.68. The SMILES string of the molecule is CO/C=C(\OC(C)=O)C(=O)C[C@H](O)[C@H]1COC(C)(C)N1C(=O)OC(C)(C)C. The van der Waals surface area contributed by atoms with Crippen LogP contribution >= 0.6 is 0 Å². The maximum Gasteiger partial charge on any atom is 0.412 e. The molecule has 0 saturated carbocycles. The summed E-state index contributed by atoms with van der Waals surface area (Å²) in [6, 6.07) is -0.806. The molecule has 0 aliphatic carbocycles. The molecule has 0 aromatic carbocycles. The molecule has 0 spiro atoms. The Morgan fingerprint density at radius 2 is 1.93 bits per heavy atom. The van der Waals surface area contributed by atoms with E-state index in [9.17, 15) is 19.5 Å². The van der Waals surface area contributed by atoms with Gasteiger partial charge in [-0.15, -0.1) is 0 Å². The van der Waals surface area contributed by atoms with Gasteiger partial charge in [-0.05, 0) is 34.6 Å². The highest BCUT2D eigenvalue weighted by Crippen LogP contribution is 2.32. The minimum Gasteiger partial charge on any atom is -0.500 e. The van der Waals surface area contributed by atoms with Gasteiger partial charge in [-0.2, -0.15) is 0 Å². The Kier molecular flexibility index (Phi) is 7.39. The van der Waals surface area contributed by atoms with Gasteiger partial charge in [0.05, 0.1) is 25.9 Å². The van der Waals surface area contributed by atoms with Crippen molar-refractivity contribution in [3.8, 4) is 0 Å². The van der Waals surface area contributed by atoms with E-state index in [2.05, 4.69) is 0 Å². The van der Waals surface area contributed by atoms with Crippen LogP contribution in [-0.2, 0) is 28.5 Å². The van der Waals surface area contributed by atoms with Crippen LogP contribution in [0.3, 0.4) is 0 Å². The third-order valence-electron chi connectivity index (χ3n) is 3.70. The van der Waals surface area contributed by atoms with Gasteiger partial charge in [-0.25, -0.2) is 4.79 Å². The molecule has 9 heteroatoms. The summed E-state index contributed by atoms with van der Waals surface area (Å²) < 4.78 is 20.5. The van der Waals surface area contributed by atoms with Gasteiger partial charge in [0.15, 0.2) is 0 Å². The second-order valence-electron chi connectivity index (χ2n) is 7.68. The number of amides is 1. The fourth-order valence-corrected chi connectivity index (χ4v) is 2.62. The molecular formula is C18H29NO8. The molecule has 1 aliphatic rings. The number of hydrogen-bond acceptors (Lipinski definition) is 8. The van der Waals surface area contributed by atoms with E-state index in [4.69, 9.17) is 18.9 Å². The Hall–Kier alpha value is -2.13. The standard InChI is InChI=1S/C18H29NO8/c1-11(20)26-15(10-24-7)14(22)8-13(21)12-9-25-18(5,6)19(12)16(23)27-17(2,3)4/h10,12-13,21H,8-9H2,1-7H3/b15-10-/t12-,13+/m1/s1. The summed E-state index contributed by atoms with van der Waals surface area (Å²) in [5, 5.41) is 10.6. The molecule has 154 valence electrons. The Morgan fingerprint density at radius 3 is 2.41 bits per heavy atom. The van der Waals surface area contributed by atoms with Crippen LogP contribution in [-0.4, -0.2) is 65.0 Å². The maximum absolute atomic E-state index is 12.6. The summed E-state index contributed by atoms with van der Waals surface area (Å²) in [5.41, 5.74) is -1.75. The summed E-state index contributed by atoms with van der Waals surface area (Å²) >= 11 is 0. The quantitative estimate of drug-likeness (QED) is 0.417. The molecule has 27 heavy (non-hydrogen) atoms. The number of nitrogens with zero attached hydrogens (tertiary/aromatic N) is 1. The molecule has 0 aromatic rings. The number of ketones is 1. The van der Waals surface area contributed by atoms with E-state index in [1.54, 1.807) is 34.6 Å². The van der Waals surface area contributed by atoms with Crippen LogP contribution in [0.15, 0.2) is 12.0 Å². The van der Waals surface area contributed by atoms with Crippen LogP contribution in [0.2, 0.25) is 0 Å². The van der Waals surface area contributed by atoms with Gasteiger partial charge in [-0.3, -0.25) is 14.5 Å². The lowest BCUT2D eigenvalue weighted by Gasteiger charge is -2.36. The van der Waals surface area contributed by atoms with Gasteiger partial charge in [0.25, 0.3) is 0 Å². The van der Waals surface area contributed by atoms with E-state index in [0.29, 0.717) is 0 Å². The molecule has 1 N–H and O–H groups in total. The number of carbonyl (C=O) groups excluding carboxylic acids is 3. The van der Waals surface area contributed by atoms with Crippen LogP contribution in [0.5, 0.6) is 0 Å². The number of ether oxygens (including phenoxy) is 4. The second kappa shape index (κ2) is 8.71. The molecule has 9 nitrogen and oxygen atoms in total. The number of allylic oxidation sites excluding steroid dienone is 1. The van der Waals surface area contributed by atoms with Gasteiger partial charge in [0, 0.05) is 13.3 Å². The first-order valence-corrected chi connectivity index (χ1v) is 8.57. The predicted molar refractivity (Wildman–Crippen MR) is 94.4 cm³/mol. The van der Waals surface area contributed by atoms with Crippen molar-refractivity contribution in [2.45, 2.75) is 71.4 Å².